The summed E-state index contributed by atoms with van der Waals surface area (Å²) in [5.41, 5.74) is 0.0114. The van der Waals surface area contributed by atoms with Gasteiger partial charge in [-0.3, -0.25) is 0 Å². The van der Waals surface area contributed by atoms with Crippen molar-refractivity contribution in [2.45, 2.75) is 31.7 Å². The van der Waals surface area contributed by atoms with Crippen LogP contribution in [0.1, 0.15) is 13.8 Å². The van der Waals surface area contributed by atoms with Gasteiger partial charge in [-0.05, 0) is 13.8 Å². The molecule has 0 spiro atoms. The summed E-state index contributed by atoms with van der Waals surface area (Å²) in [6.45, 7) is 4.88. The first-order valence-corrected chi connectivity index (χ1v) is 4.29. The van der Waals surface area contributed by atoms with Crippen molar-refractivity contribution < 1.29 is 28.2 Å². The van der Waals surface area contributed by atoms with E-state index in [0.29, 0.717) is 0 Å². The molecule has 1 N–H and O–H groups in total. The fourth-order valence-corrected chi connectivity index (χ4v) is 1.08. The first kappa shape index (κ1) is 12.1. The van der Waals surface area contributed by atoms with Crippen molar-refractivity contribution >= 4 is 5.97 Å². The second kappa shape index (κ2) is 3.53. The summed E-state index contributed by atoms with van der Waals surface area (Å²) in [7, 11) is 0. The number of halogens is 2. The zero-order valence-electron chi connectivity index (χ0n) is 8.42. The van der Waals surface area contributed by atoms with E-state index in [0.717, 1.165) is 6.92 Å². The van der Waals surface area contributed by atoms with Crippen molar-refractivity contribution in [1.29, 1.82) is 0 Å². The highest BCUT2D eigenvalue weighted by atomic mass is 19.3. The van der Waals surface area contributed by atoms with Gasteiger partial charge in [-0.25, -0.2) is 4.79 Å². The highest BCUT2D eigenvalue weighted by Gasteiger charge is 2.63. The first-order chi connectivity index (χ1) is 6.68. The SMILES string of the molecule is C=C(C)C(=O)OC1COC(C)(O)C1(F)F. The van der Waals surface area contributed by atoms with Crippen molar-refractivity contribution in [3.8, 4) is 0 Å². The van der Waals surface area contributed by atoms with Crippen LogP contribution < -0.4 is 0 Å². The Kier molecular flexibility index (Phi) is 2.84. The monoisotopic (exact) mass is 222 g/mol. The molecule has 0 aromatic rings. The zero-order chi connectivity index (χ0) is 11.9. The Balaban J connectivity index is 2.75. The third kappa shape index (κ3) is 2.00. The standard InChI is InChI=1S/C9H12F2O4/c1-5(2)7(12)15-6-4-14-8(3,13)9(6,10)11/h6,13H,1,4H2,2-3H3. The summed E-state index contributed by atoms with van der Waals surface area (Å²) in [5.74, 6) is -7.16. The van der Waals surface area contributed by atoms with Gasteiger partial charge in [-0.2, -0.15) is 8.78 Å². The number of carbonyl (C=O) groups is 1. The maximum atomic E-state index is 13.3. The maximum absolute atomic E-state index is 13.3. The number of rotatable bonds is 2. The molecule has 1 fully saturated rings. The van der Waals surface area contributed by atoms with Gasteiger partial charge in [0, 0.05) is 5.57 Å². The van der Waals surface area contributed by atoms with Gasteiger partial charge in [0.1, 0.15) is 0 Å². The van der Waals surface area contributed by atoms with Crippen molar-refractivity contribution in [2.75, 3.05) is 6.61 Å². The molecule has 1 aliphatic heterocycles. The van der Waals surface area contributed by atoms with Gasteiger partial charge >= 0.3 is 11.9 Å². The lowest BCUT2D eigenvalue weighted by molar-refractivity contribution is -0.270. The third-order valence-electron chi connectivity index (χ3n) is 2.14. The summed E-state index contributed by atoms with van der Waals surface area (Å²) in [6.07, 6.45) is -1.78. The molecule has 0 aromatic carbocycles. The van der Waals surface area contributed by atoms with Crippen LogP contribution in [0.25, 0.3) is 0 Å². The number of alkyl halides is 2. The minimum absolute atomic E-state index is 0.0114. The number of aliphatic hydroxyl groups is 1. The molecular formula is C9H12F2O4. The van der Waals surface area contributed by atoms with Crippen LogP contribution in [-0.4, -0.2) is 35.5 Å². The molecule has 0 saturated carbocycles. The van der Waals surface area contributed by atoms with Gasteiger partial charge < -0.3 is 14.6 Å². The molecule has 0 aromatic heterocycles. The van der Waals surface area contributed by atoms with Crippen LogP contribution >= 0.6 is 0 Å². The van der Waals surface area contributed by atoms with Crippen molar-refractivity contribution in [3.63, 3.8) is 0 Å². The Morgan fingerprint density at radius 3 is 2.53 bits per heavy atom. The average Bonchev–Trinajstić information content (AvgIpc) is 2.27. The maximum Gasteiger partial charge on any atom is 0.338 e. The van der Waals surface area contributed by atoms with E-state index < -0.39 is 30.4 Å². The van der Waals surface area contributed by atoms with Crippen molar-refractivity contribution in [3.05, 3.63) is 12.2 Å². The highest BCUT2D eigenvalue weighted by molar-refractivity contribution is 5.87. The Hall–Kier alpha value is -1.01. The molecule has 4 nitrogen and oxygen atoms in total. The molecule has 2 atom stereocenters. The summed E-state index contributed by atoms with van der Waals surface area (Å²) in [5, 5.41) is 9.16. The minimum atomic E-state index is -3.63. The topological polar surface area (TPSA) is 55.8 Å². The molecule has 1 heterocycles. The average molecular weight is 222 g/mol. The van der Waals surface area contributed by atoms with Crippen LogP contribution in [-0.2, 0) is 14.3 Å². The summed E-state index contributed by atoms with van der Waals surface area (Å²) in [6, 6.07) is 0. The van der Waals surface area contributed by atoms with Gasteiger partial charge in [0.25, 0.3) is 0 Å². The number of hydrogen-bond acceptors (Lipinski definition) is 4. The van der Waals surface area contributed by atoms with Gasteiger partial charge in [0.15, 0.2) is 6.10 Å². The second-order valence-electron chi connectivity index (χ2n) is 3.59. The van der Waals surface area contributed by atoms with Crippen LogP contribution in [0.2, 0.25) is 0 Å². The smallest absolute Gasteiger partial charge is 0.338 e. The lowest BCUT2D eigenvalue weighted by Crippen LogP contribution is -2.48. The predicted molar refractivity (Wildman–Crippen MR) is 46.2 cm³/mol. The Morgan fingerprint density at radius 2 is 2.20 bits per heavy atom. The lowest BCUT2D eigenvalue weighted by Gasteiger charge is -2.26. The van der Waals surface area contributed by atoms with Crippen LogP contribution in [0, 0.1) is 0 Å². The molecule has 15 heavy (non-hydrogen) atoms. The van der Waals surface area contributed by atoms with Crippen LogP contribution in [0.3, 0.4) is 0 Å². The molecular weight excluding hydrogens is 210 g/mol. The number of carbonyl (C=O) groups excluding carboxylic acids is 1. The molecule has 1 saturated heterocycles. The normalized spacial score (nSPS) is 33.8. The van der Waals surface area contributed by atoms with E-state index in [1.54, 1.807) is 0 Å². The second-order valence-corrected chi connectivity index (χ2v) is 3.59. The summed E-state index contributed by atoms with van der Waals surface area (Å²) >= 11 is 0. The molecule has 0 aliphatic carbocycles. The van der Waals surface area contributed by atoms with Gasteiger partial charge in [-0.1, -0.05) is 6.58 Å². The zero-order valence-corrected chi connectivity index (χ0v) is 8.42. The van der Waals surface area contributed by atoms with Crippen molar-refractivity contribution in [1.82, 2.24) is 0 Å². The summed E-state index contributed by atoms with van der Waals surface area (Å²) < 4.78 is 35.6. The van der Waals surface area contributed by atoms with Crippen LogP contribution in [0.5, 0.6) is 0 Å². The Labute approximate surface area is 85.5 Å². The molecule has 86 valence electrons. The third-order valence-corrected chi connectivity index (χ3v) is 2.14. The lowest BCUT2D eigenvalue weighted by atomic mass is 10.1. The van der Waals surface area contributed by atoms with E-state index in [2.05, 4.69) is 16.1 Å². The Bertz CT molecular complexity index is 298. The van der Waals surface area contributed by atoms with E-state index in [1.807, 2.05) is 0 Å². The molecule has 1 aliphatic rings. The number of esters is 1. The first-order valence-electron chi connectivity index (χ1n) is 4.29. The van der Waals surface area contributed by atoms with E-state index >= 15 is 0 Å². The minimum Gasteiger partial charge on any atom is -0.450 e. The van der Waals surface area contributed by atoms with Gasteiger partial charge in [0.2, 0.25) is 5.79 Å². The van der Waals surface area contributed by atoms with E-state index in [-0.39, 0.29) is 5.57 Å². The number of ether oxygens (including phenoxy) is 2. The largest absolute Gasteiger partial charge is 0.450 e. The fourth-order valence-electron chi connectivity index (χ4n) is 1.08. The van der Waals surface area contributed by atoms with E-state index in [1.165, 1.54) is 6.92 Å². The van der Waals surface area contributed by atoms with Crippen molar-refractivity contribution in [2.24, 2.45) is 0 Å². The quantitative estimate of drug-likeness (QED) is 0.556. The van der Waals surface area contributed by atoms with E-state index in [4.69, 9.17) is 5.11 Å². The fraction of sp³-hybridized carbons (Fsp3) is 0.667. The molecule has 0 amide bonds. The summed E-state index contributed by atoms with van der Waals surface area (Å²) in [4.78, 5) is 11.0. The molecule has 0 radical (unpaired) electrons. The van der Waals surface area contributed by atoms with Crippen LogP contribution in [0.15, 0.2) is 12.2 Å². The van der Waals surface area contributed by atoms with Gasteiger partial charge in [0.05, 0.1) is 6.61 Å². The van der Waals surface area contributed by atoms with E-state index in [9.17, 15) is 13.6 Å². The molecule has 2 unspecified atom stereocenters. The molecule has 1 rings (SSSR count). The van der Waals surface area contributed by atoms with Crippen LogP contribution in [0.4, 0.5) is 8.78 Å². The Morgan fingerprint density at radius 1 is 1.67 bits per heavy atom. The predicted octanol–water partition coefficient (Wildman–Crippen LogP) is 0.848. The molecule has 0 bridgehead atoms. The number of hydrogen-bond donors (Lipinski definition) is 1. The molecule has 6 heteroatoms. The van der Waals surface area contributed by atoms with Gasteiger partial charge in [-0.15, -0.1) is 0 Å². The highest BCUT2D eigenvalue weighted by Crippen LogP contribution is 2.40.